The standard InChI is InChI=1S/C9H15ClO2/c1-3-5-7-8(6-4-2)9(11)12-10/h4,8H,2-3,5-7H2,1H3. The van der Waals surface area contributed by atoms with E-state index < -0.39 is 0 Å². The van der Waals surface area contributed by atoms with Crippen molar-refractivity contribution in [3.05, 3.63) is 12.7 Å². The van der Waals surface area contributed by atoms with Gasteiger partial charge in [-0.05, 0) is 12.8 Å². The lowest BCUT2D eigenvalue weighted by Crippen LogP contribution is -2.13. The third-order valence-electron chi connectivity index (χ3n) is 1.77. The van der Waals surface area contributed by atoms with Crippen LogP contribution in [0.2, 0.25) is 0 Å². The Morgan fingerprint density at radius 1 is 1.75 bits per heavy atom. The van der Waals surface area contributed by atoms with Crippen LogP contribution in [0.5, 0.6) is 0 Å². The van der Waals surface area contributed by atoms with Gasteiger partial charge in [-0.25, -0.2) is 0 Å². The number of unbranched alkanes of at least 4 members (excludes halogenated alkanes) is 1. The first-order valence-corrected chi connectivity index (χ1v) is 4.50. The van der Waals surface area contributed by atoms with Gasteiger partial charge in [0.05, 0.1) is 5.92 Å². The quantitative estimate of drug-likeness (QED) is 0.602. The molecule has 12 heavy (non-hydrogen) atoms. The van der Waals surface area contributed by atoms with Gasteiger partial charge in [0.15, 0.2) is 0 Å². The summed E-state index contributed by atoms with van der Waals surface area (Å²) in [6.07, 6.45) is 5.28. The fourth-order valence-corrected chi connectivity index (χ4v) is 1.17. The summed E-state index contributed by atoms with van der Waals surface area (Å²) in [6.45, 7) is 5.65. The maximum atomic E-state index is 11.0. The fourth-order valence-electron chi connectivity index (χ4n) is 1.05. The van der Waals surface area contributed by atoms with Gasteiger partial charge >= 0.3 is 5.97 Å². The van der Waals surface area contributed by atoms with E-state index in [0.29, 0.717) is 6.42 Å². The molecule has 0 saturated carbocycles. The number of halogens is 1. The second-order valence-corrected chi connectivity index (χ2v) is 2.91. The Morgan fingerprint density at radius 3 is 2.83 bits per heavy atom. The number of hydrogen-bond donors (Lipinski definition) is 0. The van der Waals surface area contributed by atoms with Crippen molar-refractivity contribution in [3.63, 3.8) is 0 Å². The molecule has 0 aromatic carbocycles. The molecule has 2 nitrogen and oxygen atoms in total. The molecule has 0 radical (unpaired) electrons. The van der Waals surface area contributed by atoms with E-state index >= 15 is 0 Å². The predicted molar refractivity (Wildman–Crippen MR) is 49.8 cm³/mol. The van der Waals surface area contributed by atoms with Crippen molar-refractivity contribution in [2.24, 2.45) is 5.92 Å². The molecular formula is C9H15ClO2. The highest BCUT2D eigenvalue weighted by Gasteiger charge is 2.17. The van der Waals surface area contributed by atoms with Crippen molar-refractivity contribution in [2.75, 3.05) is 0 Å². The van der Waals surface area contributed by atoms with Crippen molar-refractivity contribution >= 4 is 17.8 Å². The molecule has 0 aromatic heterocycles. The minimum absolute atomic E-state index is 0.111. The van der Waals surface area contributed by atoms with Crippen molar-refractivity contribution in [1.29, 1.82) is 0 Å². The number of rotatable bonds is 6. The van der Waals surface area contributed by atoms with E-state index in [4.69, 9.17) is 11.9 Å². The second-order valence-electron chi connectivity index (χ2n) is 2.76. The van der Waals surface area contributed by atoms with Gasteiger partial charge in [-0.3, -0.25) is 4.79 Å². The van der Waals surface area contributed by atoms with E-state index in [1.54, 1.807) is 6.08 Å². The molecule has 0 rings (SSSR count). The van der Waals surface area contributed by atoms with Crippen LogP contribution in [0.3, 0.4) is 0 Å². The molecule has 0 fully saturated rings. The molecule has 0 spiro atoms. The Morgan fingerprint density at radius 2 is 2.42 bits per heavy atom. The molecule has 0 N–H and O–H groups in total. The summed E-state index contributed by atoms with van der Waals surface area (Å²) < 4.78 is 4.15. The molecule has 0 bridgehead atoms. The molecule has 0 aromatic rings. The van der Waals surface area contributed by atoms with Gasteiger partial charge < -0.3 is 4.29 Å². The third kappa shape index (κ3) is 4.39. The average molecular weight is 191 g/mol. The molecule has 0 aliphatic carbocycles. The lowest BCUT2D eigenvalue weighted by Gasteiger charge is -2.09. The van der Waals surface area contributed by atoms with Crippen LogP contribution in [0.15, 0.2) is 12.7 Å². The van der Waals surface area contributed by atoms with Gasteiger partial charge in [0.2, 0.25) is 0 Å². The van der Waals surface area contributed by atoms with E-state index in [-0.39, 0.29) is 11.9 Å². The number of allylic oxidation sites excluding steroid dienone is 1. The molecule has 3 heteroatoms. The van der Waals surface area contributed by atoms with Crippen LogP contribution in [0, 0.1) is 5.92 Å². The van der Waals surface area contributed by atoms with Crippen molar-refractivity contribution in [2.45, 2.75) is 32.6 Å². The fraction of sp³-hybridized carbons (Fsp3) is 0.667. The normalized spacial score (nSPS) is 12.2. The van der Waals surface area contributed by atoms with Crippen LogP contribution < -0.4 is 0 Å². The summed E-state index contributed by atoms with van der Waals surface area (Å²) in [5.74, 6) is -0.454. The molecule has 0 heterocycles. The zero-order valence-corrected chi connectivity index (χ0v) is 8.14. The molecule has 70 valence electrons. The Balaban J connectivity index is 3.84. The highest BCUT2D eigenvalue weighted by atomic mass is 35.5. The van der Waals surface area contributed by atoms with E-state index in [1.165, 1.54) is 0 Å². The van der Waals surface area contributed by atoms with Crippen LogP contribution >= 0.6 is 11.9 Å². The third-order valence-corrected chi connectivity index (χ3v) is 1.92. The SMILES string of the molecule is C=CCC(CCCC)C(=O)OCl. The average Bonchev–Trinajstić information content (AvgIpc) is 2.11. The van der Waals surface area contributed by atoms with Gasteiger partial charge in [0.1, 0.15) is 11.9 Å². The molecule has 1 atom stereocenters. The number of hydrogen-bond acceptors (Lipinski definition) is 2. The largest absolute Gasteiger partial charge is 0.347 e. The minimum atomic E-state index is -0.343. The lowest BCUT2D eigenvalue weighted by atomic mass is 9.99. The van der Waals surface area contributed by atoms with Crippen molar-refractivity contribution in [1.82, 2.24) is 0 Å². The van der Waals surface area contributed by atoms with Crippen LogP contribution in [-0.4, -0.2) is 5.97 Å². The van der Waals surface area contributed by atoms with Gasteiger partial charge in [0.25, 0.3) is 0 Å². The first-order chi connectivity index (χ1) is 5.76. The predicted octanol–water partition coefficient (Wildman–Crippen LogP) is 3.07. The first kappa shape index (κ1) is 11.5. The molecule has 0 saturated heterocycles. The summed E-state index contributed by atoms with van der Waals surface area (Å²) >= 11 is 4.98. The maximum absolute atomic E-state index is 11.0. The zero-order chi connectivity index (χ0) is 9.40. The zero-order valence-electron chi connectivity index (χ0n) is 7.38. The summed E-state index contributed by atoms with van der Waals surface area (Å²) in [4.78, 5) is 11.0. The molecular weight excluding hydrogens is 176 g/mol. The summed E-state index contributed by atoms with van der Waals surface area (Å²) in [6, 6.07) is 0. The van der Waals surface area contributed by atoms with Gasteiger partial charge in [0, 0.05) is 0 Å². The van der Waals surface area contributed by atoms with Gasteiger partial charge in [-0.15, -0.1) is 6.58 Å². The molecule has 0 aliphatic rings. The number of carbonyl (C=O) groups is 1. The van der Waals surface area contributed by atoms with Crippen molar-refractivity contribution < 1.29 is 9.08 Å². The topological polar surface area (TPSA) is 26.3 Å². The highest BCUT2D eigenvalue weighted by Crippen LogP contribution is 2.15. The minimum Gasteiger partial charge on any atom is -0.347 e. The first-order valence-electron chi connectivity index (χ1n) is 4.19. The molecule has 0 aliphatic heterocycles. The van der Waals surface area contributed by atoms with Crippen LogP contribution in [0.1, 0.15) is 32.6 Å². The Bertz CT molecular complexity index is 145. The maximum Gasteiger partial charge on any atom is 0.328 e. The smallest absolute Gasteiger partial charge is 0.328 e. The van der Waals surface area contributed by atoms with Crippen molar-refractivity contribution in [3.8, 4) is 0 Å². The Kier molecular flexibility index (Phi) is 6.87. The molecule has 0 amide bonds. The van der Waals surface area contributed by atoms with Gasteiger partial charge in [-0.1, -0.05) is 25.8 Å². The van der Waals surface area contributed by atoms with E-state index in [9.17, 15) is 4.79 Å². The Labute approximate surface area is 78.7 Å². The van der Waals surface area contributed by atoms with Crippen LogP contribution in [-0.2, 0) is 9.08 Å². The highest BCUT2D eigenvalue weighted by molar-refractivity contribution is 6.13. The summed E-state index contributed by atoms with van der Waals surface area (Å²) in [7, 11) is 0. The monoisotopic (exact) mass is 190 g/mol. The van der Waals surface area contributed by atoms with E-state index in [2.05, 4.69) is 17.8 Å². The lowest BCUT2D eigenvalue weighted by molar-refractivity contribution is -0.138. The summed E-state index contributed by atoms with van der Waals surface area (Å²) in [5, 5.41) is 0. The molecule has 1 unspecified atom stereocenters. The summed E-state index contributed by atoms with van der Waals surface area (Å²) in [5.41, 5.74) is 0. The van der Waals surface area contributed by atoms with Gasteiger partial charge in [-0.2, -0.15) is 0 Å². The van der Waals surface area contributed by atoms with E-state index in [1.807, 2.05) is 0 Å². The second kappa shape index (κ2) is 7.17. The van der Waals surface area contributed by atoms with Crippen LogP contribution in [0.4, 0.5) is 0 Å². The number of carbonyl (C=O) groups excluding carboxylic acids is 1. The van der Waals surface area contributed by atoms with E-state index in [0.717, 1.165) is 19.3 Å². The van der Waals surface area contributed by atoms with Crippen LogP contribution in [0.25, 0.3) is 0 Å². The Hall–Kier alpha value is -0.500.